The first-order chi connectivity index (χ1) is 15.5. The minimum Gasteiger partial charge on any atom is -0.492 e. The number of aromatic nitrogens is 4. The highest BCUT2D eigenvalue weighted by molar-refractivity contribution is 5.81. The summed E-state index contributed by atoms with van der Waals surface area (Å²) in [6, 6.07) is 1.71. The molecule has 0 amide bonds. The molecule has 2 aromatic heterocycles. The summed E-state index contributed by atoms with van der Waals surface area (Å²) >= 11 is 0. The van der Waals surface area contributed by atoms with Crippen molar-refractivity contribution in [1.29, 1.82) is 0 Å². The van der Waals surface area contributed by atoms with E-state index in [4.69, 9.17) is 4.74 Å². The fourth-order valence-corrected chi connectivity index (χ4v) is 4.39. The van der Waals surface area contributed by atoms with Crippen LogP contribution in [-0.2, 0) is 11.8 Å². The summed E-state index contributed by atoms with van der Waals surface area (Å²) in [5, 5.41) is 14.4. The van der Waals surface area contributed by atoms with Crippen LogP contribution >= 0.6 is 0 Å². The third-order valence-electron chi connectivity index (χ3n) is 5.74. The molecule has 3 heterocycles. The van der Waals surface area contributed by atoms with Gasteiger partial charge in [-0.1, -0.05) is 0 Å². The molecule has 3 unspecified atom stereocenters. The lowest BCUT2D eigenvalue weighted by Crippen LogP contribution is -2.53. The Morgan fingerprint density at radius 2 is 1.91 bits per heavy atom. The van der Waals surface area contributed by atoms with Gasteiger partial charge in [-0.3, -0.25) is 0 Å². The van der Waals surface area contributed by atoms with Crippen molar-refractivity contribution in [2.45, 2.75) is 63.5 Å². The van der Waals surface area contributed by atoms with Gasteiger partial charge in [0.15, 0.2) is 11.6 Å². The van der Waals surface area contributed by atoms with Crippen molar-refractivity contribution in [3.63, 3.8) is 0 Å². The van der Waals surface area contributed by atoms with Gasteiger partial charge in [0.05, 0.1) is 35.3 Å². The van der Waals surface area contributed by atoms with Gasteiger partial charge in [0, 0.05) is 30.6 Å². The Hall–Kier alpha value is -2.79. The first-order valence-corrected chi connectivity index (χ1v) is 10.6. The quantitative estimate of drug-likeness (QED) is 0.553. The van der Waals surface area contributed by atoms with Crippen LogP contribution < -0.4 is 10.1 Å². The molecule has 0 spiro atoms. The lowest BCUT2D eigenvalue weighted by atomic mass is 9.83. The van der Waals surface area contributed by atoms with E-state index in [-0.39, 0.29) is 47.7 Å². The van der Waals surface area contributed by atoms with Gasteiger partial charge in [-0.15, -0.1) is 0 Å². The standard InChI is InChI=1S/C22H25F4N5O2/c1-12(2)31-11-29-18-5-16(4-17(19(18)31)22(24,25)26)33-10-15-7-21(32,6-13(3)30-15)20-27-8-14(23)9-28-20/h4-5,8-9,11-13,15,30,32H,6-7,10H2,1-3H3. The molecule has 0 saturated carbocycles. The molecule has 1 saturated heterocycles. The van der Waals surface area contributed by atoms with Gasteiger partial charge >= 0.3 is 6.18 Å². The van der Waals surface area contributed by atoms with E-state index in [1.807, 2.05) is 6.92 Å². The Balaban J connectivity index is 1.57. The molecule has 3 atom stereocenters. The number of piperidine rings is 1. The summed E-state index contributed by atoms with van der Waals surface area (Å²) in [5.74, 6) is -0.479. The molecule has 2 N–H and O–H groups in total. The Labute approximate surface area is 187 Å². The zero-order valence-corrected chi connectivity index (χ0v) is 18.4. The number of hydrogen-bond acceptors (Lipinski definition) is 6. The molecular formula is C22H25F4N5O2. The van der Waals surface area contributed by atoms with Crippen LogP contribution in [0.25, 0.3) is 11.0 Å². The van der Waals surface area contributed by atoms with E-state index in [0.717, 1.165) is 18.5 Å². The van der Waals surface area contributed by atoms with Crippen molar-refractivity contribution in [3.05, 3.63) is 48.1 Å². The first kappa shape index (κ1) is 23.4. The molecule has 1 aliphatic heterocycles. The molecule has 1 aromatic carbocycles. The van der Waals surface area contributed by atoms with Crippen LogP contribution in [-0.4, -0.2) is 43.3 Å². The normalized spacial score (nSPS) is 23.9. The number of ether oxygens (including phenoxy) is 1. The molecule has 178 valence electrons. The lowest BCUT2D eigenvalue weighted by Gasteiger charge is -2.39. The second-order valence-electron chi connectivity index (χ2n) is 8.82. The average molecular weight is 467 g/mol. The molecule has 1 aliphatic rings. The maximum atomic E-state index is 13.8. The predicted octanol–water partition coefficient (Wildman–Crippen LogP) is 3.97. The number of benzene rings is 1. The average Bonchev–Trinajstić information content (AvgIpc) is 3.15. The number of halogens is 4. The van der Waals surface area contributed by atoms with Crippen LogP contribution in [0.4, 0.5) is 17.6 Å². The van der Waals surface area contributed by atoms with Gasteiger partial charge in [-0.05, 0) is 33.3 Å². The number of imidazole rings is 1. The summed E-state index contributed by atoms with van der Waals surface area (Å²) in [6.45, 7) is 5.43. The maximum absolute atomic E-state index is 13.8. The van der Waals surface area contributed by atoms with E-state index >= 15 is 0 Å². The summed E-state index contributed by atoms with van der Waals surface area (Å²) in [7, 11) is 0. The Morgan fingerprint density at radius 3 is 2.55 bits per heavy atom. The molecule has 4 rings (SSSR count). The minimum absolute atomic E-state index is 0.00153. The zero-order chi connectivity index (χ0) is 24.0. The number of nitrogens with one attached hydrogen (secondary N) is 1. The summed E-state index contributed by atoms with van der Waals surface area (Å²) < 4.78 is 61.8. The van der Waals surface area contributed by atoms with Crippen LogP contribution in [0.3, 0.4) is 0 Å². The monoisotopic (exact) mass is 467 g/mol. The highest BCUT2D eigenvalue weighted by atomic mass is 19.4. The van der Waals surface area contributed by atoms with E-state index in [1.54, 1.807) is 13.8 Å². The Kier molecular flexibility index (Phi) is 6.04. The van der Waals surface area contributed by atoms with Crippen LogP contribution in [0.2, 0.25) is 0 Å². The highest BCUT2D eigenvalue weighted by Crippen LogP contribution is 2.39. The fraction of sp³-hybridized carbons (Fsp3) is 0.500. The van der Waals surface area contributed by atoms with Gasteiger partial charge in [0.1, 0.15) is 18.0 Å². The van der Waals surface area contributed by atoms with Gasteiger partial charge in [-0.25, -0.2) is 19.3 Å². The summed E-state index contributed by atoms with van der Waals surface area (Å²) in [6.07, 6.45) is -0.764. The number of alkyl halides is 3. The molecule has 33 heavy (non-hydrogen) atoms. The van der Waals surface area contributed by atoms with E-state index < -0.39 is 29.2 Å². The zero-order valence-electron chi connectivity index (χ0n) is 18.4. The summed E-state index contributed by atoms with van der Waals surface area (Å²) in [4.78, 5) is 12.0. The van der Waals surface area contributed by atoms with Crippen molar-refractivity contribution in [2.24, 2.45) is 0 Å². The largest absolute Gasteiger partial charge is 0.492 e. The Morgan fingerprint density at radius 1 is 1.21 bits per heavy atom. The predicted molar refractivity (Wildman–Crippen MR) is 112 cm³/mol. The molecule has 0 aliphatic carbocycles. The maximum Gasteiger partial charge on any atom is 0.418 e. The number of aliphatic hydroxyl groups is 1. The molecular weight excluding hydrogens is 442 g/mol. The third kappa shape index (κ3) is 4.79. The van der Waals surface area contributed by atoms with Gasteiger partial charge in [-0.2, -0.15) is 13.2 Å². The van der Waals surface area contributed by atoms with Crippen molar-refractivity contribution >= 4 is 11.0 Å². The number of nitrogens with zero attached hydrogens (tertiary/aromatic N) is 4. The van der Waals surface area contributed by atoms with Crippen LogP contribution in [0.15, 0.2) is 30.9 Å². The van der Waals surface area contributed by atoms with Crippen molar-refractivity contribution in [3.8, 4) is 5.75 Å². The smallest absolute Gasteiger partial charge is 0.418 e. The van der Waals surface area contributed by atoms with E-state index in [9.17, 15) is 22.7 Å². The molecule has 3 aromatic rings. The topological polar surface area (TPSA) is 85.1 Å². The van der Waals surface area contributed by atoms with Crippen molar-refractivity contribution < 1.29 is 27.4 Å². The molecule has 0 bridgehead atoms. The van der Waals surface area contributed by atoms with Gasteiger partial charge in [0.25, 0.3) is 0 Å². The number of fused-ring (bicyclic) bond motifs is 1. The third-order valence-corrected chi connectivity index (χ3v) is 5.74. The van der Waals surface area contributed by atoms with Crippen molar-refractivity contribution in [1.82, 2.24) is 24.8 Å². The highest BCUT2D eigenvalue weighted by Gasteiger charge is 2.41. The lowest BCUT2D eigenvalue weighted by molar-refractivity contribution is -0.136. The van der Waals surface area contributed by atoms with Crippen LogP contribution in [0.1, 0.15) is 51.0 Å². The molecule has 1 fully saturated rings. The van der Waals surface area contributed by atoms with E-state index in [2.05, 4.69) is 20.3 Å². The number of rotatable bonds is 5. The summed E-state index contributed by atoms with van der Waals surface area (Å²) in [5.41, 5.74) is -2.03. The molecule has 0 radical (unpaired) electrons. The van der Waals surface area contributed by atoms with E-state index in [0.29, 0.717) is 6.42 Å². The second kappa shape index (κ2) is 8.53. The first-order valence-electron chi connectivity index (χ1n) is 10.6. The Bertz CT molecular complexity index is 1130. The number of hydrogen-bond donors (Lipinski definition) is 2. The molecule has 11 heteroatoms. The van der Waals surface area contributed by atoms with Crippen molar-refractivity contribution in [2.75, 3.05) is 6.61 Å². The second-order valence-corrected chi connectivity index (χ2v) is 8.82. The van der Waals surface area contributed by atoms with Gasteiger partial charge < -0.3 is 19.7 Å². The SMILES string of the molecule is CC1CC(O)(c2ncc(F)cn2)CC(COc2cc(C(F)(F)F)c3c(c2)ncn3C(C)C)N1. The van der Waals surface area contributed by atoms with Crippen LogP contribution in [0.5, 0.6) is 5.75 Å². The fourth-order valence-electron chi connectivity index (χ4n) is 4.39. The van der Waals surface area contributed by atoms with Crippen LogP contribution in [0, 0.1) is 5.82 Å². The molecule has 7 nitrogen and oxygen atoms in total. The van der Waals surface area contributed by atoms with E-state index in [1.165, 1.54) is 17.0 Å². The van der Waals surface area contributed by atoms with Gasteiger partial charge in [0.2, 0.25) is 0 Å². The minimum atomic E-state index is -4.58.